The van der Waals surface area contributed by atoms with E-state index in [0.717, 1.165) is 26.3 Å². The number of amides is 1. The zero-order valence-corrected chi connectivity index (χ0v) is 13.7. The van der Waals surface area contributed by atoms with E-state index in [9.17, 15) is 4.79 Å². The van der Waals surface area contributed by atoms with Crippen LogP contribution in [0.25, 0.3) is 0 Å². The number of hydrogen-bond acceptors (Lipinski definition) is 4. The lowest BCUT2D eigenvalue weighted by Crippen LogP contribution is -2.44. The molecular weight excluding hydrogens is 280 g/mol. The Morgan fingerprint density at radius 1 is 1.27 bits per heavy atom. The number of benzene rings is 1. The molecule has 1 aliphatic rings. The second-order valence-corrected chi connectivity index (χ2v) is 6.46. The van der Waals surface area contributed by atoms with Crippen LogP contribution in [0.2, 0.25) is 0 Å². The van der Waals surface area contributed by atoms with Crippen molar-refractivity contribution in [2.24, 2.45) is 0 Å². The maximum absolute atomic E-state index is 11.9. The molecule has 0 aliphatic carbocycles. The molecule has 1 saturated heterocycles. The van der Waals surface area contributed by atoms with Gasteiger partial charge in [0.15, 0.2) is 0 Å². The van der Waals surface area contributed by atoms with Crippen molar-refractivity contribution in [2.45, 2.75) is 32.4 Å². The number of ether oxygens (including phenoxy) is 2. The molecule has 22 heavy (non-hydrogen) atoms. The van der Waals surface area contributed by atoms with Crippen LogP contribution in [-0.2, 0) is 9.47 Å². The van der Waals surface area contributed by atoms with Crippen molar-refractivity contribution in [1.29, 1.82) is 0 Å². The molecule has 0 radical (unpaired) electrons. The van der Waals surface area contributed by atoms with Crippen LogP contribution in [0.5, 0.6) is 0 Å². The van der Waals surface area contributed by atoms with E-state index >= 15 is 0 Å². The van der Waals surface area contributed by atoms with Crippen molar-refractivity contribution in [1.82, 2.24) is 10.2 Å². The Morgan fingerprint density at radius 3 is 2.50 bits per heavy atom. The van der Waals surface area contributed by atoms with Crippen LogP contribution in [0.3, 0.4) is 0 Å². The average Bonchev–Trinajstić information content (AvgIpc) is 2.48. The topological polar surface area (TPSA) is 50.8 Å². The average molecular weight is 306 g/mol. The number of carbonyl (C=O) groups excluding carboxylic acids is 1. The van der Waals surface area contributed by atoms with Crippen LogP contribution in [0.4, 0.5) is 4.79 Å². The van der Waals surface area contributed by atoms with E-state index < -0.39 is 5.60 Å². The molecule has 122 valence electrons. The van der Waals surface area contributed by atoms with Crippen LogP contribution in [0.1, 0.15) is 32.4 Å². The van der Waals surface area contributed by atoms with E-state index in [0.29, 0.717) is 6.54 Å². The molecule has 1 aromatic carbocycles. The van der Waals surface area contributed by atoms with Crippen LogP contribution < -0.4 is 5.32 Å². The zero-order valence-electron chi connectivity index (χ0n) is 13.7. The molecule has 1 heterocycles. The van der Waals surface area contributed by atoms with Crippen LogP contribution in [0, 0.1) is 0 Å². The molecule has 1 N–H and O–H groups in total. The molecule has 5 nitrogen and oxygen atoms in total. The molecule has 1 aromatic rings. The molecular formula is C17H26N2O3. The lowest BCUT2D eigenvalue weighted by atomic mass is 10.0. The van der Waals surface area contributed by atoms with Crippen molar-refractivity contribution in [2.75, 3.05) is 32.8 Å². The second kappa shape index (κ2) is 7.61. The minimum absolute atomic E-state index is 0.137. The third-order valence-corrected chi connectivity index (χ3v) is 3.51. The van der Waals surface area contributed by atoms with Crippen LogP contribution in [0.15, 0.2) is 30.3 Å². The predicted molar refractivity (Wildman–Crippen MR) is 85.8 cm³/mol. The van der Waals surface area contributed by atoms with Gasteiger partial charge in [0.05, 0.1) is 19.3 Å². The van der Waals surface area contributed by atoms with Crippen molar-refractivity contribution in [3.8, 4) is 0 Å². The summed E-state index contributed by atoms with van der Waals surface area (Å²) < 4.78 is 10.7. The van der Waals surface area contributed by atoms with Gasteiger partial charge in [0.1, 0.15) is 5.60 Å². The number of alkyl carbamates (subject to hydrolysis) is 1. The number of morpholine rings is 1. The van der Waals surface area contributed by atoms with Gasteiger partial charge in [-0.15, -0.1) is 0 Å². The first-order valence-electron chi connectivity index (χ1n) is 7.79. The second-order valence-electron chi connectivity index (χ2n) is 6.46. The summed E-state index contributed by atoms with van der Waals surface area (Å²) in [5, 5.41) is 2.89. The quantitative estimate of drug-likeness (QED) is 0.929. The standard InChI is InChI=1S/C17H26N2O3/c1-17(2,3)22-16(20)18-13-15(14-7-5-4-6-8-14)19-9-11-21-12-10-19/h4-8,15H,9-13H2,1-3H3,(H,18,20). The van der Waals surface area contributed by atoms with E-state index in [1.807, 2.05) is 39.0 Å². The van der Waals surface area contributed by atoms with Gasteiger partial charge in [-0.05, 0) is 26.3 Å². The molecule has 0 aromatic heterocycles. The Hall–Kier alpha value is -1.59. The molecule has 1 atom stereocenters. The molecule has 1 aliphatic heterocycles. The van der Waals surface area contributed by atoms with Gasteiger partial charge in [-0.2, -0.15) is 0 Å². The minimum Gasteiger partial charge on any atom is -0.444 e. The van der Waals surface area contributed by atoms with E-state index in [4.69, 9.17) is 9.47 Å². The molecule has 1 amide bonds. The van der Waals surface area contributed by atoms with Crippen molar-refractivity contribution in [3.63, 3.8) is 0 Å². The SMILES string of the molecule is CC(C)(C)OC(=O)NCC(c1ccccc1)N1CCOCC1. The summed E-state index contributed by atoms with van der Waals surface area (Å²) in [7, 11) is 0. The molecule has 5 heteroatoms. The number of nitrogens with one attached hydrogen (secondary N) is 1. The number of rotatable bonds is 4. The highest BCUT2D eigenvalue weighted by molar-refractivity contribution is 5.67. The van der Waals surface area contributed by atoms with Gasteiger partial charge in [-0.1, -0.05) is 30.3 Å². The lowest BCUT2D eigenvalue weighted by Gasteiger charge is -2.35. The number of hydrogen-bond donors (Lipinski definition) is 1. The third kappa shape index (κ3) is 5.31. The summed E-state index contributed by atoms with van der Waals surface area (Å²) in [5.41, 5.74) is 0.714. The number of nitrogens with zero attached hydrogens (tertiary/aromatic N) is 1. The summed E-state index contributed by atoms with van der Waals surface area (Å²) in [6.45, 7) is 9.32. The summed E-state index contributed by atoms with van der Waals surface area (Å²) >= 11 is 0. The fourth-order valence-electron chi connectivity index (χ4n) is 2.52. The highest BCUT2D eigenvalue weighted by atomic mass is 16.6. The first-order chi connectivity index (χ1) is 10.5. The normalized spacial score (nSPS) is 17.8. The monoisotopic (exact) mass is 306 g/mol. The summed E-state index contributed by atoms with van der Waals surface area (Å²) in [6.07, 6.45) is -0.373. The van der Waals surface area contributed by atoms with Crippen molar-refractivity contribution in [3.05, 3.63) is 35.9 Å². The summed E-state index contributed by atoms with van der Waals surface area (Å²) in [6, 6.07) is 10.4. The fraction of sp³-hybridized carbons (Fsp3) is 0.588. The minimum atomic E-state index is -0.481. The molecule has 1 unspecified atom stereocenters. The Morgan fingerprint density at radius 2 is 1.91 bits per heavy atom. The lowest BCUT2D eigenvalue weighted by molar-refractivity contribution is 0.0140. The largest absolute Gasteiger partial charge is 0.444 e. The van der Waals surface area contributed by atoms with Crippen LogP contribution >= 0.6 is 0 Å². The predicted octanol–water partition coefficient (Wildman–Crippen LogP) is 2.58. The Kier molecular flexibility index (Phi) is 5.80. The Balaban J connectivity index is 2.00. The van der Waals surface area contributed by atoms with Gasteiger partial charge in [-0.25, -0.2) is 4.79 Å². The molecule has 0 spiro atoms. The molecule has 1 fully saturated rings. The summed E-state index contributed by atoms with van der Waals surface area (Å²) in [5.74, 6) is 0. The maximum atomic E-state index is 11.9. The van der Waals surface area contributed by atoms with Crippen molar-refractivity contribution >= 4 is 6.09 Å². The van der Waals surface area contributed by atoms with Crippen LogP contribution in [-0.4, -0.2) is 49.4 Å². The number of carbonyl (C=O) groups is 1. The third-order valence-electron chi connectivity index (χ3n) is 3.51. The van der Waals surface area contributed by atoms with Gasteiger partial charge in [0, 0.05) is 19.6 Å². The van der Waals surface area contributed by atoms with E-state index in [1.165, 1.54) is 5.56 Å². The van der Waals surface area contributed by atoms with E-state index in [2.05, 4.69) is 22.3 Å². The smallest absolute Gasteiger partial charge is 0.407 e. The van der Waals surface area contributed by atoms with Gasteiger partial charge in [-0.3, -0.25) is 4.90 Å². The highest BCUT2D eigenvalue weighted by Gasteiger charge is 2.24. The van der Waals surface area contributed by atoms with E-state index in [1.54, 1.807) is 0 Å². The van der Waals surface area contributed by atoms with Gasteiger partial charge in [0.25, 0.3) is 0 Å². The summed E-state index contributed by atoms with van der Waals surface area (Å²) in [4.78, 5) is 14.2. The highest BCUT2D eigenvalue weighted by Crippen LogP contribution is 2.21. The Labute approximate surface area is 132 Å². The maximum Gasteiger partial charge on any atom is 0.407 e. The van der Waals surface area contributed by atoms with Gasteiger partial charge >= 0.3 is 6.09 Å². The Bertz CT molecular complexity index is 465. The first kappa shape index (κ1) is 16.8. The molecule has 0 saturated carbocycles. The van der Waals surface area contributed by atoms with Gasteiger partial charge < -0.3 is 14.8 Å². The zero-order chi connectivity index (χ0) is 16.0. The first-order valence-corrected chi connectivity index (χ1v) is 7.79. The molecule has 0 bridgehead atoms. The van der Waals surface area contributed by atoms with Crippen molar-refractivity contribution < 1.29 is 14.3 Å². The van der Waals surface area contributed by atoms with E-state index in [-0.39, 0.29) is 12.1 Å². The van der Waals surface area contributed by atoms with Gasteiger partial charge in [0.2, 0.25) is 0 Å². The fourth-order valence-corrected chi connectivity index (χ4v) is 2.52. The molecule has 2 rings (SSSR count).